The fourth-order valence-corrected chi connectivity index (χ4v) is 4.75. The van der Waals surface area contributed by atoms with Gasteiger partial charge in [0, 0.05) is 23.6 Å². The molecule has 4 rings (SSSR count). The smallest absolute Gasteiger partial charge is 0.360 e. The van der Waals surface area contributed by atoms with Gasteiger partial charge in [-0.15, -0.1) is 0 Å². The van der Waals surface area contributed by atoms with Gasteiger partial charge in [0.25, 0.3) is 5.91 Å². The summed E-state index contributed by atoms with van der Waals surface area (Å²) in [5.74, 6) is -0.167. The number of amides is 1. The number of aliphatic hydroxyl groups is 2. The van der Waals surface area contributed by atoms with E-state index in [1.54, 1.807) is 39.0 Å². The number of hydrogen-bond donors (Lipinski definition) is 4. The number of phenolic OH excluding ortho intramolecular Hbond substituents is 1. The lowest BCUT2D eigenvalue weighted by Gasteiger charge is -2.46. The van der Waals surface area contributed by atoms with Crippen LogP contribution in [0.3, 0.4) is 0 Å². The number of carbonyl (C=O) groups is 1. The summed E-state index contributed by atoms with van der Waals surface area (Å²) in [7, 11) is 1.42. The van der Waals surface area contributed by atoms with Crippen molar-refractivity contribution in [3.8, 4) is 11.5 Å². The van der Waals surface area contributed by atoms with Crippen molar-refractivity contribution in [2.75, 3.05) is 12.4 Å². The van der Waals surface area contributed by atoms with Gasteiger partial charge >= 0.3 is 5.63 Å². The zero-order valence-electron chi connectivity index (χ0n) is 23.3. The summed E-state index contributed by atoms with van der Waals surface area (Å²) < 4.78 is 22.6. The summed E-state index contributed by atoms with van der Waals surface area (Å²) in [5, 5.41) is 34.3. The number of benzene rings is 2. The number of anilines is 1. The molecule has 40 heavy (non-hydrogen) atoms. The molecule has 1 aliphatic rings. The van der Waals surface area contributed by atoms with Crippen molar-refractivity contribution in [3.63, 3.8) is 0 Å². The molecule has 0 aliphatic carbocycles. The molecule has 3 aromatic rings. The van der Waals surface area contributed by atoms with E-state index in [9.17, 15) is 24.9 Å². The van der Waals surface area contributed by atoms with Crippen molar-refractivity contribution < 1.29 is 38.7 Å². The average Bonchev–Trinajstić information content (AvgIpc) is 2.89. The molecular formula is C30H35NO9. The lowest BCUT2D eigenvalue weighted by atomic mass is 9.89. The number of hydrogen-bond acceptors (Lipinski definition) is 9. The van der Waals surface area contributed by atoms with E-state index < -0.39 is 41.7 Å². The molecular weight excluding hydrogens is 518 g/mol. The van der Waals surface area contributed by atoms with Gasteiger partial charge in [-0.05, 0) is 83.0 Å². The molecule has 1 amide bonds. The highest BCUT2D eigenvalue weighted by Crippen LogP contribution is 2.35. The molecule has 1 saturated heterocycles. The fraction of sp³-hybridized carbons (Fsp3) is 0.400. The Labute approximate surface area is 231 Å². The minimum atomic E-state index is -1.39. The molecule has 1 fully saturated rings. The van der Waals surface area contributed by atoms with E-state index in [-0.39, 0.29) is 28.3 Å². The summed E-state index contributed by atoms with van der Waals surface area (Å²) in [6.07, 6.45) is -2.21. The van der Waals surface area contributed by atoms with Crippen molar-refractivity contribution in [2.45, 2.75) is 71.2 Å². The molecule has 0 spiro atoms. The summed E-state index contributed by atoms with van der Waals surface area (Å²) in [4.78, 5) is 25.7. The van der Waals surface area contributed by atoms with E-state index in [0.717, 1.165) is 5.57 Å². The Morgan fingerprint density at radius 2 is 1.85 bits per heavy atom. The van der Waals surface area contributed by atoms with Crippen LogP contribution in [0.25, 0.3) is 11.0 Å². The zero-order chi connectivity index (χ0) is 29.4. The van der Waals surface area contributed by atoms with Crippen molar-refractivity contribution in [1.29, 1.82) is 0 Å². The van der Waals surface area contributed by atoms with Crippen LogP contribution in [-0.2, 0) is 15.9 Å². The maximum atomic E-state index is 12.9. The highest BCUT2D eigenvalue weighted by atomic mass is 16.7. The second kappa shape index (κ2) is 11.4. The van der Waals surface area contributed by atoms with E-state index in [1.165, 1.54) is 25.3 Å². The lowest BCUT2D eigenvalue weighted by Crippen LogP contribution is -2.63. The molecule has 10 heteroatoms. The van der Waals surface area contributed by atoms with Gasteiger partial charge in [0.05, 0.1) is 5.60 Å². The Morgan fingerprint density at radius 3 is 2.52 bits per heavy atom. The highest BCUT2D eigenvalue weighted by Gasteiger charge is 2.50. The van der Waals surface area contributed by atoms with Crippen LogP contribution in [0.1, 0.15) is 49.2 Å². The Hall–Kier alpha value is -3.70. The van der Waals surface area contributed by atoms with Gasteiger partial charge in [-0.1, -0.05) is 11.6 Å². The van der Waals surface area contributed by atoms with Crippen molar-refractivity contribution in [1.82, 2.24) is 0 Å². The predicted octanol–water partition coefficient (Wildman–Crippen LogP) is 3.82. The average molecular weight is 554 g/mol. The Balaban J connectivity index is 1.57. The first-order chi connectivity index (χ1) is 18.8. The van der Waals surface area contributed by atoms with Crippen molar-refractivity contribution >= 4 is 22.6 Å². The third-order valence-electron chi connectivity index (χ3n) is 6.96. The first-order valence-electron chi connectivity index (χ1n) is 12.9. The second-order valence-electron chi connectivity index (χ2n) is 10.7. The zero-order valence-corrected chi connectivity index (χ0v) is 23.3. The van der Waals surface area contributed by atoms with Gasteiger partial charge in [-0.2, -0.15) is 0 Å². The summed E-state index contributed by atoms with van der Waals surface area (Å²) >= 11 is 0. The number of aromatic hydroxyl groups is 1. The highest BCUT2D eigenvalue weighted by molar-refractivity contribution is 6.05. The standard InChI is InChI=1S/C30H35NO9/c1-15(2)7-8-17-13-19(9-11-21(17)32)27(35)31-20-14-18-10-12-22(16(3)25(18)39-28(20)36)38-29-24(34)23(33)26(37-6)30(4,5)40-29/h7,9-14,23-24,26,29,32-34H,8H2,1-6H3,(H,31,35)/t23?,24-,26?,29?/m0/s1. The van der Waals surface area contributed by atoms with Crippen LogP contribution in [0.2, 0.25) is 0 Å². The third kappa shape index (κ3) is 5.90. The second-order valence-corrected chi connectivity index (χ2v) is 10.7. The molecule has 10 nitrogen and oxygen atoms in total. The van der Waals surface area contributed by atoms with Gasteiger partial charge in [0.15, 0.2) is 0 Å². The van der Waals surface area contributed by atoms with Crippen LogP contribution in [0, 0.1) is 6.92 Å². The first-order valence-corrected chi connectivity index (χ1v) is 12.9. The Morgan fingerprint density at radius 1 is 1.12 bits per heavy atom. The van der Waals surface area contributed by atoms with E-state index in [2.05, 4.69) is 5.32 Å². The van der Waals surface area contributed by atoms with Crippen LogP contribution in [-0.4, -0.2) is 58.5 Å². The molecule has 0 radical (unpaired) electrons. The van der Waals surface area contributed by atoms with Crippen LogP contribution >= 0.6 is 0 Å². The van der Waals surface area contributed by atoms with Crippen LogP contribution in [0.15, 0.2) is 57.3 Å². The SMILES string of the molecule is COC1C(O)[C@H](O)C(Oc2ccc3cc(NC(=O)c4ccc(O)c(CC=C(C)C)c4)c(=O)oc3c2C)OC1(C)C. The fourth-order valence-electron chi connectivity index (χ4n) is 4.75. The van der Waals surface area contributed by atoms with E-state index in [1.807, 2.05) is 19.9 Å². The number of phenols is 1. The summed E-state index contributed by atoms with van der Waals surface area (Å²) in [6.45, 7) is 9.00. The number of ether oxygens (including phenoxy) is 3. The molecule has 2 heterocycles. The normalized spacial score (nSPS) is 22.1. The van der Waals surface area contributed by atoms with Gasteiger partial charge in [-0.3, -0.25) is 4.79 Å². The monoisotopic (exact) mass is 553 g/mol. The predicted molar refractivity (Wildman–Crippen MR) is 149 cm³/mol. The van der Waals surface area contributed by atoms with Crippen LogP contribution in [0.4, 0.5) is 5.69 Å². The maximum absolute atomic E-state index is 12.9. The molecule has 214 valence electrons. The number of carbonyl (C=O) groups excluding carboxylic acids is 1. The number of methoxy groups -OCH3 is 1. The van der Waals surface area contributed by atoms with E-state index in [4.69, 9.17) is 18.6 Å². The van der Waals surface area contributed by atoms with E-state index >= 15 is 0 Å². The van der Waals surface area contributed by atoms with Gasteiger partial charge in [0.1, 0.15) is 41.1 Å². The van der Waals surface area contributed by atoms with Gasteiger partial charge in [0.2, 0.25) is 6.29 Å². The molecule has 4 atom stereocenters. The topological polar surface area (TPSA) is 148 Å². The Bertz CT molecular complexity index is 1500. The first kappa shape index (κ1) is 29.3. The van der Waals surface area contributed by atoms with Gasteiger partial charge < -0.3 is 39.3 Å². The minimum Gasteiger partial charge on any atom is -0.508 e. The Kier molecular flexibility index (Phi) is 8.36. The van der Waals surface area contributed by atoms with Crippen molar-refractivity contribution in [3.05, 3.63) is 75.2 Å². The molecule has 1 aromatic heterocycles. The molecule has 0 saturated carbocycles. The molecule has 0 bridgehead atoms. The molecule has 3 unspecified atom stereocenters. The molecule has 4 N–H and O–H groups in total. The van der Waals surface area contributed by atoms with Gasteiger partial charge in [-0.25, -0.2) is 4.79 Å². The molecule has 2 aromatic carbocycles. The number of rotatable bonds is 7. The lowest BCUT2D eigenvalue weighted by molar-refractivity contribution is -0.306. The summed E-state index contributed by atoms with van der Waals surface area (Å²) in [6, 6.07) is 9.26. The quantitative estimate of drug-likeness (QED) is 0.253. The number of nitrogens with one attached hydrogen (secondary N) is 1. The maximum Gasteiger partial charge on any atom is 0.360 e. The number of aryl methyl sites for hydroxylation is 1. The largest absolute Gasteiger partial charge is 0.508 e. The van der Waals surface area contributed by atoms with Crippen LogP contribution < -0.4 is 15.7 Å². The number of aliphatic hydroxyl groups excluding tert-OH is 2. The van der Waals surface area contributed by atoms with Crippen LogP contribution in [0.5, 0.6) is 11.5 Å². The number of fused-ring (bicyclic) bond motifs is 1. The summed E-state index contributed by atoms with van der Waals surface area (Å²) in [5.41, 5.74) is 0.872. The van der Waals surface area contributed by atoms with Crippen molar-refractivity contribution in [2.24, 2.45) is 0 Å². The molecule has 1 aliphatic heterocycles. The third-order valence-corrected chi connectivity index (χ3v) is 6.96. The minimum absolute atomic E-state index is 0.0500. The number of allylic oxidation sites excluding steroid dienone is 2. The van der Waals surface area contributed by atoms with E-state index in [0.29, 0.717) is 22.9 Å².